The van der Waals surface area contributed by atoms with Gasteiger partial charge in [-0.2, -0.15) is 18.4 Å². The summed E-state index contributed by atoms with van der Waals surface area (Å²) >= 11 is 0. The number of rotatable bonds is 3. The van der Waals surface area contributed by atoms with Crippen molar-refractivity contribution in [2.75, 3.05) is 5.73 Å². The Kier molecular flexibility index (Phi) is 3.78. The fraction of sp³-hybridized carbons (Fsp3) is 0.273. The van der Waals surface area contributed by atoms with Crippen LogP contribution in [0.3, 0.4) is 0 Å². The van der Waals surface area contributed by atoms with E-state index in [1.165, 1.54) is 6.07 Å². The molecule has 10 heteroatoms. The van der Waals surface area contributed by atoms with E-state index in [9.17, 15) is 18.0 Å². The summed E-state index contributed by atoms with van der Waals surface area (Å²) in [4.78, 5) is 12.0. The Hall–Kier alpha value is -2.65. The maximum absolute atomic E-state index is 12.7. The first kappa shape index (κ1) is 14.8. The van der Waals surface area contributed by atoms with Gasteiger partial charge in [0.2, 0.25) is 0 Å². The summed E-state index contributed by atoms with van der Waals surface area (Å²) in [6, 6.07) is 2.51. The molecule has 1 heterocycles. The summed E-state index contributed by atoms with van der Waals surface area (Å²) in [5.74, 6) is -0.551. The standard InChI is InChI=1S/C11H11F3N6O/c1-5(9-17-19-20-18-9)16-10(21)6-3-2-4-7(8(6)15)11(12,13)14/h2-5H,15H2,1H3,(H,16,21)(H,17,18,19,20). The molecule has 2 aromatic rings. The van der Waals surface area contributed by atoms with E-state index in [1.54, 1.807) is 6.92 Å². The second-order valence-electron chi connectivity index (χ2n) is 4.23. The number of halogens is 3. The first-order valence-corrected chi connectivity index (χ1v) is 5.80. The number of carbonyl (C=O) groups is 1. The minimum atomic E-state index is -4.63. The average molecular weight is 300 g/mol. The number of aromatic nitrogens is 4. The van der Waals surface area contributed by atoms with Gasteiger partial charge in [0.05, 0.1) is 22.9 Å². The first-order chi connectivity index (χ1) is 9.80. The Labute approximate surface area is 116 Å². The maximum Gasteiger partial charge on any atom is 0.418 e. The van der Waals surface area contributed by atoms with Gasteiger partial charge in [-0.25, -0.2) is 0 Å². The number of aromatic amines is 1. The van der Waals surface area contributed by atoms with Crippen molar-refractivity contribution in [3.8, 4) is 0 Å². The number of benzene rings is 1. The Balaban J connectivity index is 2.24. The van der Waals surface area contributed by atoms with Crippen LogP contribution in [-0.2, 0) is 6.18 Å². The maximum atomic E-state index is 12.7. The van der Waals surface area contributed by atoms with Gasteiger partial charge in [0.1, 0.15) is 0 Å². The smallest absolute Gasteiger partial charge is 0.398 e. The Morgan fingerprint density at radius 1 is 1.43 bits per heavy atom. The molecule has 4 N–H and O–H groups in total. The number of hydrogen-bond donors (Lipinski definition) is 3. The second-order valence-corrected chi connectivity index (χ2v) is 4.23. The zero-order chi connectivity index (χ0) is 15.6. The first-order valence-electron chi connectivity index (χ1n) is 5.80. The SMILES string of the molecule is CC(NC(=O)c1cccc(C(F)(F)F)c1N)c1nn[nH]n1. The van der Waals surface area contributed by atoms with Gasteiger partial charge in [-0.05, 0) is 19.1 Å². The molecule has 21 heavy (non-hydrogen) atoms. The lowest BCUT2D eigenvalue weighted by Gasteiger charge is -2.15. The van der Waals surface area contributed by atoms with Gasteiger partial charge in [0.25, 0.3) is 5.91 Å². The number of alkyl halides is 3. The van der Waals surface area contributed by atoms with Gasteiger partial charge in [-0.1, -0.05) is 11.3 Å². The highest BCUT2D eigenvalue weighted by atomic mass is 19.4. The van der Waals surface area contributed by atoms with Crippen LogP contribution < -0.4 is 11.1 Å². The molecule has 0 bridgehead atoms. The molecule has 2 rings (SSSR count). The van der Waals surface area contributed by atoms with Gasteiger partial charge in [0, 0.05) is 0 Å². The van der Waals surface area contributed by atoms with E-state index in [2.05, 4.69) is 25.9 Å². The topological polar surface area (TPSA) is 110 Å². The zero-order valence-corrected chi connectivity index (χ0v) is 10.8. The summed E-state index contributed by atoms with van der Waals surface area (Å²) in [6.07, 6.45) is -4.63. The molecular formula is C11H11F3N6O. The normalized spacial score (nSPS) is 13.0. The number of carbonyl (C=O) groups excluding carboxylic acids is 1. The van der Waals surface area contributed by atoms with Crippen molar-refractivity contribution in [1.29, 1.82) is 0 Å². The highest BCUT2D eigenvalue weighted by molar-refractivity contribution is 6.00. The molecule has 0 saturated heterocycles. The fourth-order valence-corrected chi connectivity index (χ4v) is 1.70. The molecule has 7 nitrogen and oxygen atoms in total. The average Bonchev–Trinajstić information content (AvgIpc) is 2.91. The molecule has 1 unspecified atom stereocenters. The lowest BCUT2D eigenvalue weighted by Crippen LogP contribution is -2.28. The Bertz CT molecular complexity index is 640. The summed E-state index contributed by atoms with van der Waals surface area (Å²) in [5.41, 5.74) is 3.49. The van der Waals surface area contributed by atoms with Crippen LogP contribution in [0.2, 0.25) is 0 Å². The molecule has 0 aliphatic rings. The summed E-state index contributed by atoms with van der Waals surface area (Å²) in [7, 11) is 0. The van der Waals surface area contributed by atoms with Crippen molar-refractivity contribution in [2.24, 2.45) is 0 Å². The molecule has 1 atom stereocenters. The largest absolute Gasteiger partial charge is 0.418 e. The number of amides is 1. The van der Waals surface area contributed by atoms with Crippen LogP contribution in [0.15, 0.2) is 18.2 Å². The van der Waals surface area contributed by atoms with Gasteiger partial charge in [-0.3, -0.25) is 4.79 Å². The summed E-state index contributed by atoms with van der Waals surface area (Å²) < 4.78 is 38.2. The molecule has 0 aliphatic heterocycles. The summed E-state index contributed by atoms with van der Waals surface area (Å²) in [5, 5.41) is 15.3. The van der Waals surface area contributed by atoms with Crippen LogP contribution in [0.25, 0.3) is 0 Å². The van der Waals surface area contributed by atoms with Crippen LogP contribution in [0.4, 0.5) is 18.9 Å². The van der Waals surface area contributed by atoms with Crippen LogP contribution >= 0.6 is 0 Å². The van der Waals surface area contributed by atoms with Gasteiger partial charge < -0.3 is 11.1 Å². The lowest BCUT2D eigenvalue weighted by molar-refractivity contribution is -0.136. The molecule has 1 amide bonds. The number of anilines is 1. The minimum Gasteiger partial charge on any atom is -0.398 e. The molecular weight excluding hydrogens is 289 g/mol. The number of H-pyrrole nitrogens is 1. The third-order valence-corrected chi connectivity index (χ3v) is 2.75. The molecule has 112 valence electrons. The minimum absolute atomic E-state index is 0.203. The van der Waals surface area contributed by atoms with Crippen LogP contribution in [0.5, 0.6) is 0 Å². The van der Waals surface area contributed by atoms with E-state index in [0.29, 0.717) is 0 Å². The number of nitrogens with one attached hydrogen (secondary N) is 2. The third kappa shape index (κ3) is 3.09. The molecule has 1 aromatic carbocycles. The monoisotopic (exact) mass is 300 g/mol. The number of tetrazole rings is 1. The van der Waals surface area contributed by atoms with Crippen molar-refractivity contribution >= 4 is 11.6 Å². The number of para-hydroxylation sites is 1. The molecule has 1 aromatic heterocycles. The molecule has 0 aliphatic carbocycles. The van der Waals surface area contributed by atoms with Crippen molar-refractivity contribution < 1.29 is 18.0 Å². The number of nitrogen functional groups attached to an aromatic ring is 1. The molecule has 0 spiro atoms. The van der Waals surface area contributed by atoms with E-state index in [1.807, 2.05) is 0 Å². The molecule has 0 fully saturated rings. The molecule has 0 radical (unpaired) electrons. The fourth-order valence-electron chi connectivity index (χ4n) is 1.70. The second kappa shape index (κ2) is 5.38. The Morgan fingerprint density at radius 2 is 2.14 bits per heavy atom. The van der Waals surface area contributed by atoms with E-state index < -0.39 is 29.4 Å². The van der Waals surface area contributed by atoms with E-state index in [0.717, 1.165) is 12.1 Å². The molecule has 0 saturated carbocycles. The zero-order valence-electron chi connectivity index (χ0n) is 10.8. The quantitative estimate of drug-likeness (QED) is 0.740. The van der Waals surface area contributed by atoms with Gasteiger partial charge >= 0.3 is 6.18 Å². The predicted octanol–water partition coefficient (Wildman–Crippen LogP) is 1.29. The summed E-state index contributed by atoms with van der Waals surface area (Å²) in [6.45, 7) is 1.56. The van der Waals surface area contributed by atoms with Crippen LogP contribution in [0.1, 0.15) is 34.7 Å². The number of nitrogens with two attached hydrogens (primary N) is 1. The van der Waals surface area contributed by atoms with Crippen LogP contribution in [-0.4, -0.2) is 26.5 Å². The van der Waals surface area contributed by atoms with Gasteiger partial charge in [0.15, 0.2) is 5.82 Å². The van der Waals surface area contributed by atoms with E-state index in [-0.39, 0.29) is 11.4 Å². The van der Waals surface area contributed by atoms with E-state index >= 15 is 0 Å². The Morgan fingerprint density at radius 3 is 2.71 bits per heavy atom. The highest BCUT2D eigenvalue weighted by Crippen LogP contribution is 2.34. The lowest BCUT2D eigenvalue weighted by atomic mass is 10.1. The van der Waals surface area contributed by atoms with Gasteiger partial charge in [-0.15, -0.1) is 10.2 Å². The number of nitrogens with zero attached hydrogens (tertiary/aromatic N) is 3. The van der Waals surface area contributed by atoms with Crippen molar-refractivity contribution in [3.05, 3.63) is 35.2 Å². The van der Waals surface area contributed by atoms with Crippen molar-refractivity contribution in [2.45, 2.75) is 19.1 Å². The van der Waals surface area contributed by atoms with Crippen molar-refractivity contribution in [1.82, 2.24) is 25.9 Å². The predicted molar refractivity (Wildman–Crippen MR) is 65.9 cm³/mol. The third-order valence-electron chi connectivity index (χ3n) is 2.75. The van der Waals surface area contributed by atoms with E-state index in [4.69, 9.17) is 5.73 Å². The van der Waals surface area contributed by atoms with Crippen LogP contribution in [0, 0.1) is 0 Å². The highest BCUT2D eigenvalue weighted by Gasteiger charge is 2.34. The van der Waals surface area contributed by atoms with Crippen molar-refractivity contribution in [3.63, 3.8) is 0 Å². The number of hydrogen-bond acceptors (Lipinski definition) is 5.